The molecule has 4 nitrogen and oxygen atoms in total. The normalized spacial score (nSPS) is 17.4. The molecule has 2 atom stereocenters. The van der Waals surface area contributed by atoms with Crippen molar-refractivity contribution in [3.63, 3.8) is 0 Å². The molecule has 0 heterocycles. The number of rotatable bonds is 5. The van der Waals surface area contributed by atoms with Gasteiger partial charge in [0.05, 0.1) is 5.25 Å². The van der Waals surface area contributed by atoms with Gasteiger partial charge in [-0.15, -0.1) is 0 Å². The summed E-state index contributed by atoms with van der Waals surface area (Å²) in [6, 6.07) is 0. The van der Waals surface area contributed by atoms with E-state index in [1.54, 1.807) is 13.8 Å². The van der Waals surface area contributed by atoms with Gasteiger partial charge < -0.3 is 15.4 Å². The zero-order valence-corrected chi connectivity index (χ0v) is 8.30. The van der Waals surface area contributed by atoms with Crippen LogP contribution in [0.4, 0.5) is 0 Å². The van der Waals surface area contributed by atoms with E-state index < -0.39 is 21.9 Å². The first-order chi connectivity index (χ1) is 5.37. The van der Waals surface area contributed by atoms with E-state index in [0.717, 1.165) is 0 Å². The van der Waals surface area contributed by atoms with Crippen molar-refractivity contribution in [2.45, 2.75) is 37.5 Å². The lowest BCUT2D eigenvalue weighted by Crippen LogP contribution is -2.37. The van der Waals surface area contributed by atoms with Gasteiger partial charge in [0.25, 0.3) is 0 Å². The van der Waals surface area contributed by atoms with Gasteiger partial charge in [0.2, 0.25) is 0 Å². The lowest BCUT2D eigenvalue weighted by Gasteiger charge is -2.22. The standard InChI is InChI=1S/C7H17NO3S/c1-7(2,8)5-6(3-4-9)12(10)11/h6,9H,3-5,8H2,1-2H3,(H,10,11). The predicted molar refractivity (Wildman–Crippen MR) is 49.1 cm³/mol. The van der Waals surface area contributed by atoms with E-state index in [-0.39, 0.29) is 6.61 Å². The summed E-state index contributed by atoms with van der Waals surface area (Å²) in [5.41, 5.74) is 5.22. The first-order valence-electron chi connectivity index (χ1n) is 3.86. The molecule has 0 saturated heterocycles. The van der Waals surface area contributed by atoms with Crippen LogP contribution in [0.25, 0.3) is 0 Å². The minimum absolute atomic E-state index is 0.0763. The van der Waals surface area contributed by atoms with Crippen molar-refractivity contribution in [3.05, 3.63) is 0 Å². The number of hydrogen-bond donors (Lipinski definition) is 3. The molecule has 5 heteroatoms. The molecule has 0 aromatic carbocycles. The Bertz CT molecular complexity index is 155. The van der Waals surface area contributed by atoms with E-state index in [0.29, 0.717) is 12.8 Å². The first kappa shape index (κ1) is 12.0. The van der Waals surface area contributed by atoms with Gasteiger partial charge in [-0.1, -0.05) is 0 Å². The van der Waals surface area contributed by atoms with E-state index in [9.17, 15) is 4.21 Å². The fourth-order valence-corrected chi connectivity index (χ4v) is 1.88. The van der Waals surface area contributed by atoms with Crippen molar-refractivity contribution in [3.8, 4) is 0 Å². The molecule has 0 aromatic heterocycles. The Hall–Kier alpha value is 0.0300. The van der Waals surface area contributed by atoms with Crippen LogP contribution < -0.4 is 5.73 Å². The minimum atomic E-state index is -1.89. The van der Waals surface area contributed by atoms with Crippen LogP contribution in [0.5, 0.6) is 0 Å². The summed E-state index contributed by atoms with van der Waals surface area (Å²) in [6.45, 7) is 3.52. The van der Waals surface area contributed by atoms with Gasteiger partial charge in [0.1, 0.15) is 0 Å². The van der Waals surface area contributed by atoms with Gasteiger partial charge in [0, 0.05) is 12.1 Å². The Balaban J connectivity index is 4.05. The quantitative estimate of drug-likeness (QED) is 0.543. The molecule has 74 valence electrons. The summed E-state index contributed by atoms with van der Waals surface area (Å²) in [6.07, 6.45) is 0.764. The smallest absolute Gasteiger partial charge is 0.156 e. The van der Waals surface area contributed by atoms with Gasteiger partial charge in [-0.05, 0) is 26.7 Å². The third kappa shape index (κ3) is 5.65. The summed E-state index contributed by atoms with van der Waals surface area (Å²) in [4.78, 5) is 0. The third-order valence-corrected chi connectivity index (χ3v) is 2.46. The molecule has 0 fully saturated rings. The molecule has 0 saturated carbocycles. The maximum atomic E-state index is 10.7. The molecule has 0 aliphatic heterocycles. The van der Waals surface area contributed by atoms with Crippen molar-refractivity contribution in [1.29, 1.82) is 0 Å². The van der Waals surface area contributed by atoms with Crippen LogP contribution in [0, 0.1) is 0 Å². The zero-order chi connectivity index (χ0) is 9.78. The van der Waals surface area contributed by atoms with E-state index >= 15 is 0 Å². The Morgan fingerprint density at radius 1 is 1.58 bits per heavy atom. The van der Waals surface area contributed by atoms with E-state index in [1.165, 1.54) is 0 Å². The zero-order valence-electron chi connectivity index (χ0n) is 7.49. The molecule has 0 spiro atoms. The average Bonchev–Trinajstić information content (AvgIpc) is 1.83. The first-order valence-corrected chi connectivity index (χ1v) is 5.03. The SMILES string of the molecule is CC(C)(N)CC(CCO)S(=O)O. The maximum absolute atomic E-state index is 10.7. The van der Waals surface area contributed by atoms with Gasteiger partial charge in [-0.2, -0.15) is 0 Å². The van der Waals surface area contributed by atoms with Crippen molar-refractivity contribution >= 4 is 11.1 Å². The van der Waals surface area contributed by atoms with Crippen molar-refractivity contribution < 1.29 is 13.9 Å². The third-order valence-electron chi connectivity index (χ3n) is 1.49. The van der Waals surface area contributed by atoms with Gasteiger partial charge >= 0.3 is 0 Å². The second kappa shape index (κ2) is 4.91. The van der Waals surface area contributed by atoms with Gasteiger partial charge in [0.15, 0.2) is 11.1 Å². The monoisotopic (exact) mass is 195 g/mol. The minimum Gasteiger partial charge on any atom is -0.396 e. The number of hydrogen-bond acceptors (Lipinski definition) is 3. The predicted octanol–water partition coefficient (Wildman–Crippen LogP) is 0.0865. The molecule has 0 radical (unpaired) electrons. The molecule has 0 bridgehead atoms. The Kier molecular flexibility index (Phi) is 4.92. The van der Waals surface area contributed by atoms with Gasteiger partial charge in [-0.25, -0.2) is 4.21 Å². The highest BCUT2D eigenvalue weighted by atomic mass is 32.2. The van der Waals surface area contributed by atoms with Crippen LogP contribution in [0.1, 0.15) is 26.7 Å². The van der Waals surface area contributed by atoms with Crippen LogP contribution in [0.15, 0.2) is 0 Å². The lowest BCUT2D eigenvalue weighted by atomic mass is 9.99. The molecule has 0 aromatic rings. The molecule has 0 aliphatic rings. The summed E-state index contributed by atoms with van der Waals surface area (Å²) in [7, 11) is 0. The number of aliphatic hydroxyl groups excluding tert-OH is 1. The fourth-order valence-electron chi connectivity index (χ4n) is 1.00. The molecule has 12 heavy (non-hydrogen) atoms. The molecule has 0 rings (SSSR count). The van der Waals surface area contributed by atoms with Crippen LogP contribution >= 0.6 is 0 Å². The number of nitrogens with two attached hydrogens (primary N) is 1. The Morgan fingerprint density at radius 2 is 2.08 bits per heavy atom. The second-order valence-corrected chi connectivity index (χ2v) is 4.82. The van der Waals surface area contributed by atoms with Crippen LogP contribution in [-0.4, -0.2) is 31.3 Å². The molecule has 0 aliphatic carbocycles. The summed E-state index contributed by atoms with van der Waals surface area (Å²) < 4.78 is 19.5. The highest BCUT2D eigenvalue weighted by molar-refractivity contribution is 7.79. The Morgan fingerprint density at radius 3 is 2.33 bits per heavy atom. The van der Waals surface area contributed by atoms with Gasteiger partial charge in [-0.3, -0.25) is 0 Å². The van der Waals surface area contributed by atoms with E-state index in [4.69, 9.17) is 15.4 Å². The molecule has 4 N–H and O–H groups in total. The molecular weight excluding hydrogens is 178 g/mol. The van der Waals surface area contributed by atoms with E-state index in [1.807, 2.05) is 0 Å². The van der Waals surface area contributed by atoms with Crippen molar-refractivity contribution in [2.75, 3.05) is 6.61 Å². The highest BCUT2D eigenvalue weighted by Gasteiger charge is 2.22. The highest BCUT2D eigenvalue weighted by Crippen LogP contribution is 2.14. The summed E-state index contributed by atoms with van der Waals surface area (Å²) in [5, 5.41) is 8.17. The second-order valence-electron chi connectivity index (χ2n) is 3.60. The van der Waals surface area contributed by atoms with Crippen LogP contribution in [0.2, 0.25) is 0 Å². The van der Waals surface area contributed by atoms with E-state index in [2.05, 4.69) is 0 Å². The summed E-state index contributed by atoms with van der Waals surface area (Å²) in [5.74, 6) is 0. The van der Waals surface area contributed by atoms with Crippen LogP contribution in [0.3, 0.4) is 0 Å². The maximum Gasteiger partial charge on any atom is 0.156 e. The topological polar surface area (TPSA) is 83.5 Å². The molecule has 0 amide bonds. The summed E-state index contributed by atoms with van der Waals surface area (Å²) >= 11 is -1.89. The average molecular weight is 195 g/mol. The molecule has 2 unspecified atom stereocenters. The fraction of sp³-hybridized carbons (Fsp3) is 1.00. The number of aliphatic hydroxyl groups is 1. The largest absolute Gasteiger partial charge is 0.396 e. The van der Waals surface area contributed by atoms with Crippen molar-refractivity contribution in [1.82, 2.24) is 0 Å². The Labute approximate surface area is 75.4 Å². The lowest BCUT2D eigenvalue weighted by molar-refractivity contribution is 0.276. The molecular formula is C7H17NO3S. The van der Waals surface area contributed by atoms with Crippen LogP contribution in [-0.2, 0) is 11.1 Å². The van der Waals surface area contributed by atoms with Crippen molar-refractivity contribution in [2.24, 2.45) is 5.73 Å².